The van der Waals surface area contributed by atoms with Gasteiger partial charge in [0.1, 0.15) is 0 Å². The minimum Gasteiger partial charge on any atom is -0.326 e. The SMILES string of the molecule is O=C(Nc1cc(C(F)(F)F)cc(C(F)(F)F)c1)C1CCC1. The van der Waals surface area contributed by atoms with E-state index in [1.807, 2.05) is 0 Å². The van der Waals surface area contributed by atoms with E-state index in [-0.39, 0.29) is 12.0 Å². The number of amides is 1. The van der Waals surface area contributed by atoms with Crippen LogP contribution in [0.2, 0.25) is 0 Å². The molecule has 116 valence electrons. The zero-order valence-corrected chi connectivity index (χ0v) is 10.6. The number of hydrogen-bond acceptors (Lipinski definition) is 1. The summed E-state index contributed by atoms with van der Waals surface area (Å²) in [5, 5.41) is 2.13. The molecule has 1 fully saturated rings. The van der Waals surface area contributed by atoms with E-state index in [0.717, 1.165) is 6.42 Å². The molecule has 1 aliphatic rings. The van der Waals surface area contributed by atoms with Gasteiger partial charge in [-0.15, -0.1) is 0 Å². The third kappa shape index (κ3) is 3.68. The summed E-state index contributed by atoms with van der Waals surface area (Å²) in [6, 6.07) is 1.04. The van der Waals surface area contributed by atoms with Crippen LogP contribution < -0.4 is 5.32 Å². The molecule has 21 heavy (non-hydrogen) atoms. The first kappa shape index (κ1) is 15.7. The standard InChI is InChI=1S/C13H11F6NO/c14-12(15,16)8-4-9(13(17,18)19)6-10(5-8)20-11(21)7-2-1-3-7/h4-7H,1-3H2,(H,20,21). The minimum atomic E-state index is -4.92. The van der Waals surface area contributed by atoms with Gasteiger partial charge in [-0.1, -0.05) is 6.42 Å². The molecule has 1 N–H and O–H groups in total. The molecule has 0 unspecified atom stereocenters. The van der Waals surface area contributed by atoms with Gasteiger partial charge in [-0.2, -0.15) is 26.3 Å². The average molecular weight is 311 g/mol. The van der Waals surface area contributed by atoms with Gasteiger partial charge in [-0.25, -0.2) is 0 Å². The van der Waals surface area contributed by atoms with Crippen molar-refractivity contribution in [3.05, 3.63) is 29.3 Å². The summed E-state index contributed by atoms with van der Waals surface area (Å²) >= 11 is 0. The zero-order chi connectivity index (χ0) is 15.8. The lowest BCUT2D eigenvalue weighted by atomic mass is 9.85. The number of anilines is 1. The van der Waals surface area contributed by atoms with Crippen LogP contribution in [-0.2, 0) is 17.1 Å². The first-order valence-electron chi connectivity index (χ1n) is 6.18. The first-order valence-corrected chi connectivity index (χ1v) is 6.18. The van der Waals surface area contributed by atoms with E-state index in [2.05, 4.69) is 5.32 Å². The van der Waals surface area contributed by atoms with Gasteiger partial charge in [-0.3, -0.25) is 4.79 Å². The predicted octanol–water partition coefficient (Wildman–Crippen LogP) is 4.46. The Labute approximate surface area is 116 Å². The van der Waals surface area contributed by atoms with Gasteiger partial charge in [0.05, 0.1) is 11.1 Å². The largest absolute Gasteiger partial charge is 0.416 e. The van der Waals surface area contributed by atoms with E-state index < -0.39 is 35.1 Å². The normalized spacial score (nSPS) is 16.5. The maximum absolute atomic E-state index is 12.6. The third-order valence-corrected chi connectivity index (χ3v) is 3.33. The van der Waals surface area contributed by atoms with Crippen molar-refractivity contribution in [2.45, 2.75) is 31.6 Å². The van der Waals surface area contributed by atoms with Gasteiger partial charge in [0, 0.05) is 11.6 Å². The van der Waals surface area contributed by atoms with E-state index in [9.17, 15) is 31.1 Å². The molecule has 0 spiro atoms. The molecule has 2 nitrogen and oxygen atoms in total. The monoisotopic (exact) mass is 311 g/mol. The lowest BCUT2D eigenvalue weighted by molar-refractivity contribution is -0.143. The summed E-state index contributed by atoms with van der Waals surface area (Å²) in [7, 11) is 0. The second-order valence-electron chi connectivity index (χ2n) is 4.91. The number of carbonyl (C=O) groups excluding carboxylic acids is 1. The molecule has 2 rings (SSSR count). The van der Waals surface area contributed by atoms with Gasteiger partial charge in [0.25, 0.3) is 0 Å². The Kier molecular flexibility index (Phi) is 3.90. The molecule has 8 heteroatoms. The second kappa shape index (κ2) is 5.23. The van der Waals surface area contributed by atoms with Crippen molar-refractivity contribution in [1.29, 1.82) is 0 Å². The van der Waals surface area contributed by atoms with E-state index in [1.165, 1.54) is 0 Å². The van der Waals surface area contributed by atoms with E-state index in [0.29, 0.717) is 25.0 Å². The molecule has 1 aliphatic carbocycles. The molecule has 1 aromatic rings. The van der Waals surface area contributed by atoms with Gasteiger partial charge in [0.15, 0.2) is 0 Å². The maximum Gasteiger partial charge on any atom is 0.416 e. The first-order chi connectivity index (χ1) is 9.57. The molecule has 0 saturated heterocycles. The lowest BCUT2D eigenvalue weighted by Crippen LogP contribution is -2.28. The third-order valence-electron chi connectivity index (χ3n) is 3.33. The summed E-state index contributed by atoms with van der Waals surface area (Å²) in [6.07, 6.45) is -7.82. The molecular weight excluding hydrogens is 300 g/mol. The highest BCUT2D eigenvalue weighted by Gasteiger charge is 2.37. The summed E-state index contributed by atoms with van der Waals surface area (Å²) in [6.45, 7) is 0. The van der Waals surface area contributed by atoms with Crippen LogP contribution in [0.4, 0.5) is 32.0 Å². The fourth-order valence-electron chi connectivity index (χ4n) is 1.94. The molecule has 0 aromatic heterocycles. The highest BCUT2D eigenvalue weighted by atomic mass is 19.4. The van der Waals surface area contributed by atoms with Crippen LogP contribution >= 0.6 is 0 Å². The Balaban J connectivity index is 2.33. The van der Waals surface area contributed by atoms with Crippen LogP contribution in [0.25, 0.3) is 0 Å². The fraction of sp³-hybridized carbons (Fsp3) is 0.462. The van der Waals surface area contributed by atoms with Crippen molar-refractivity contribution in [1.82, 2.24) is 0 Å². The van der Waals surface area contributed by atoms with Crippen LogP contribution in [-0.4, -0.2) is 5.91 Å². The van der Waals surface area contributed by atoms with Crippen molar-refractivity contribution in [3.8, 4) is 0 Å². The van der Waals surface area contributed by atoms with Crippen molar-refractivity contribution in [2.24, 2.45) is 5.92 Å². The summed E-state index contributed by atoms with van der Waals surface area (Å²) in [5.74, 6) is -0.887. The summed E-state index contributed by atoms with van der Waals surface area (Å²) in [5.41, 5.74) is -3.38. The van der Waals surface area contributed by atoms with Crippen molar-refractivity contribution < 1.29 is 31.1 Å². The molecule has 1 saturated carbocycles. The Bertz CT molecular complexity index is 512. The molecule has 0 heterocycles. The molecule has 0 bridgehead atoms. The predicted molar refractivity (Wildman–Crippen MR) is 62.4 cm³/mol. The molecule has 0 atom stereocenters. The molecule has 0 radical (unpaired) electrons. The smallest absolute Gasteiger partial charge is 0.326 e. The molecular formula is C13H11F6NO. The molecule has 1 amide bonds. The van der Waals surface area contributed by atoms with Crippen LogP contribution in [0.5, 0.6) is 0 Å². The van der Waals surface area contributed by atoms with Gasteiger partial charge in [-0.05, 0) is 31.0 Å². The number of halogens is 6. The Morgan fingerprint density at radius 1 is 0.952 bits per heavy atom. The summed E-state index contributed by atoms with van der Waals surface area (Å²) in [4.78, 5) is 11.6. The fourth-order valence-corrected chi connectivity index (χ4v) is 1.94. The maximum atomic E-state index is 12.6. The summed E-state index contributed by atoms with van der Waals surface area (Å²) < 4.78 is 75.8. The van der Waals surface area contributed by atoms with Gasteiger partial charge < -0.3 is 5.32 Å². The number of hydrogen-bond donors (Lipinski definition) is 1. The average Bonchev–Trinajstić information content (AvgIpc) is 2.23. The molecule has 0 aliphatic heterocycles. The van der Waals surface area contributed by atoms with Gasteiger partial charge in [0.2, 0.25) is 5.91 Å². The second-order valence-corrected chi connectivity index (χ2v) is 4.91. The Hall–Kier alpha value is -1.73. The van der Waals surface area contributed by atoms with Crippen LogP contribution in [0.15, 0.2) is 18.2 Å². The lowest BCUT2D eigenvalue weighted by Gasteiger charge is -2.24. The topological polar surface area (TPSA) is 29.1 Å². The quantitative estimate of drug-likeness (QED) is 0.803. The number of alkyl halides is 6. The highest BCUT2D eigenvalue weighted by molar-refractivity contribution is 5.93. The van der Waals surface area contributed by atoms with Crippen LogP contribution in [0.1, 0.15) is 30.4 Å². The van der Waals surface area contributed by atoms with E-state index in [4.69, 9.17) is 0 Å². The van der Waals surface area contributed by atoms with Gasteiger partial charge >= 0.3 is 12.4 Å². The Morgan fingerprint density at radius 3 is 1.76 bits per heavy atom. The molecule has 1 aromatic carbocycles. The Morgan fingerprint density at radius 2 is 1.43 bits per heavy atom. The van der Waals surface area contributed by atoms with E-state index in [1.54, 1.807) is 0 Å². The van der Waals surface area contributed by atoms with E-state index >= 15 is 0 Å². The van der Waals surface area contributed by atoms with Crippen molar-refractivity contribution >= 4 is 11.6 Å². The van der Waals surface area contributed by atoms with Crippen LogP contribution in [0.3, 0.4) is 0 Å². The number of benzene rings is 1. The minimum absolute atomic E-state index is 0.0268. The number of carbonyl (C=O) groups is 1. The highest BCUT2D eigenvalue weighted by Crippen LogP contribution is 2.38. The van der Waals surface area contributed by atoms with Crippen molar-refractivity contribution in [2.75, 3.05) is 5.32 Å². The number of rotatable bonds is 2. The zero-order valence-electron chi connectivity index (χ0n) is 10.6. The number of nitrogens with one attached hydrogen (secondary N) is 1. The van der Waals surface area contributed by atoms with Crippen LogP contribution in [0, 0.1) is 5.92 Å². The van der Waals surface area contributed by atoms with Crippen molar-refractivity contribution in [3.63, 3.8) is 0 Å².